The first-order valence-corrected chi connectivity index (χ1v) is 5.37. The van der Waals surface area contributed by atoms with Gasteiger partial charge in [-0.05, 0) is 24.6 Å². The SMILES string of the molecule is CCc1c(O)c2cc(Br)ccc2oc1=O. The van der Waals surface area contributed by atoms with Gasteiger partial charge in [0.25, 0.3) is 0 Å². The van der Waals surface area contributed by atoms with Crippen molar-refractivity contribution in [2.24, 2.45) is 0 Å². The largest absolute Gasteiger partial charge is 0.507 e. The van der Waals surface area contributed by atoms with Crippen LogP contribution in [0.1, 0.15) is 12.5 Å². The molecule has 2 rings (SSSR count). The van der Waals surface area contributed by atoms with E-state index in [4.69, 9.17) is 4.42 Å². The Balaban J connectivity index is 2.92. The Kier molecular flexibility index (Phi) is 2.52. The van der Waals surface area contributed by atoms with E-state index in [1.165, 1.54) is 0 Å². The lowest BCUT2D eigenvalue weighted by Crippen LogP contribution is -2.06. The predicted molar refractivity (Wildman–Crippen MR) is 61.2 cm³/mol. The highest BCUT2D eigenvalue weighted by Crippen LogP contribution is 2.28. The fourth-order valence-corrected chi connectivity index (χ4v) is 1.87. The zero-order valence-corrected chi connectivity index (χ0v) is 9.67. The second kappa shape index (κ2) is 3.70. The molecule has 1 N–H and O–H groups in total. The summed E-state index contributed by atoms with van der Waals surface area (Å²) in [7, 11) is 0. The first-order valence-electron chi connectivity index (χ1n) is 4.57. The minimum Gasteiger partial charge on any atom is -0.507 e. The normalized spacial score (nSPS) is 10.8. The standard InChI is InChI=1S/C11H9BrO3/c1-2-7-10(13)8-5-6(12)3-4-9(8)15-11(7)14/h3-5,13H,2H2,1H3. The van der Waals surface area contributed by atoms with Crippen molar-refractivity contribution >= 4 is 26.9 Å². The molecular weight excluding hydrogens is 260 g/mol. The van der Waals surface area contributed by atoms with Crippen LogP contribution in [0.25, 0.3) is 11.0 Å². The molecule has 0 atom stereocenters. The summed E-state index contributed by atoms with van der Waals surface area (Å²) in [6.07, 6.45) is 0.455. The second-order valence-electron chi connectivity index (χ2n) is 3.21. The maximum Gasteiger partial charge on any atom is 0.343 e. The Morgan fingerprint density at radius 3 is 2.87 bits per heavy atom. The van der Waals surface area contributed by atoms with Crippen LogP contribution in [0, 0.1) is 0 Å². The Morgan fingerprint density at radius 2 is 2.20 bits per heavy atom. The molecule has 0 aliphatic rings. The van der Waals surface area contributed by atoms with E-state index in [-0.39, 0.29) is 5.75 Å². The molecule has 0 amide bonds. The maximum absolute atomic E-state index is 11.4. The third-order valence-electron chi connectivity index (χ3n) is 2.29. The molecule has 4 heteroatoms. The minimum atomic E-state index is -0.468. The molecule has 0 bridgehead atoms. The number of benzene rings is 1. The number of aromatic hydroxyl groups is 1. The third kappa shape index (κ3) is 1.65. The highest BCUT2D eigenvalue weighted by molar-refractivity contribution is 9.10. The maximum atomic E-state index is 11.4. The van der Waals surface area contributed by atoms with Crippen LogP contribution in [0.2, 0.25) is 0 Å². The van der Waals surface area contributed by atoms with Crippen LogP contribution in [0.5, 0.6) is 5.75 Å². The predicted octanol–water partition coefficient (Wildman–Crippen LogP) is 2.82. The first-order chi connectivity index (χ1) is 7.13. The fraction of sp³-hybridized carbons (Fsp3) is 0.182. The number of halogens is 1. The van der Waals surface area contributed by atoms with Gasteiger partial charge in [0.2, 0.25) is 0 Å². The second-order valence-corrected chi connectivity index (χ2v) is 4.13. The summed E-state index contributed by atoms with van der Waals surface area (Å²) in [5.74, 6) is 0.0186. The average Bonchev–Trinajstić information content (AvgIpc) is 2.20. The average molecular weight is 269 g/mol. The van der Waals surface area contributed by atoms with Gasteiger partial charge < -0.3 is 9.52 Å². The van der Waals surface area contributed by atoms with Crippen LogP contribution in [-0.4, -0.2) is 5.11 Å². The molecule has 78 valence electrons. The molecule has 0 spiro atoms. The van der Waals surface area contributed by atoms with Crippen molar-refractivity contribution < 1.29 is 9.52 Å². The van der Waals surface area contributed by atoms with Gasteiger partial charge in [-0.3, -0.25) is 0 Å². The van der Waals surface area contributed by atoms with Gasteiger partial charge >= 0.3 is 5.63 Å². The molecule has 0 aliphatic carbocycles. The van der Waals surface area contributed by atoms with Gasteiger partial charge in [0.1, 0.15) is 11.3 Å². The smallest absolute Gasteiger partial charge is 0.343 e. The molecule has 1 aromatic heterocycles. The summed E-state index contributed by atoms with van der Waals surface area (Å²) < 4.78 is 5.92. The fourth-order valence-electron chi connectivity index (χ4n) is 1.51. The molecule has 15 heavy (non-hydrogen) atoms. The van der Waals surface area contributed by atoms with Gasteiger partial charge in [-0.2, -0.15) is 0 Å². The van der Waals surface area contributed by atoms with Gasteiger partial charge in [0.05, 0.1) is 10.9 Å². The van der Waals surface area contributed by atoms with E-state index in [2.05, 4.69) is 15.9 Å². The van der Waals surface area contributed by atoms with Crippen molar-refractivity contribution in [1.82, 2.24) is 0 Å². The van der Waals surface area contributed by atoms with E-state index in [1.54, 1.807) is 25.1 Å². The summed E-state index contributed by atoms with van der Waals surface area (Å²) >= 11 is 3.30. The molecular formula is C11H9BrO3. The topological polar surface area (TPSA) is 50.4 Å². The Labute approximate surface area is 94.5 Å². The van der Waals surface area contributed by atoms with E-state index in [1.807, 2.05) is 0 Å². The van der Waals surface area contributed by atoms with Crippen LogP contribution in [0.4, 0.5) is 0 Å². The molecule has 2 aromatic rings. The molecule has 0 aliphatic heterocycles. The van der Waals surface area contributed by atoms with Crippen LogP contribution < -0.4 is 5.63 Å². The van der Waals surface area contributed by atoms with E-state index in [9.17, 15) is 9.90 Å². The number of rotatable bonds is 1. The highest BCUT2D eigenvalue weighted by Gasteiger charge is 2.11. The Bertz CT molecular complexity index is 572. The first kappa shape index (κ1) is 10.2. The van der Waals surface area contributed by atoms with Crippen molar-refractivity contribution in [3.63, 3.8) is 0 Å². The van der Waals surface area contributed by atoms with Gasteiger partial charge in [0.15, 0.2) is 0 Å². The zero-order chi connectivity index (χ0) is 11.0. The molecule has 0 radical (unpaired) electrons. The van der Waals surface area contributed by atoms with E-state index < -0.39 is 5.63 Å². The van der Waals surface area contributed by atoms with E-state index >= 15 is 0 Å². The molecule has 0 fully saturated rings. The lowest BCUT2D eigenvalue weighted by Gasteiger charge is -2.04. The number of fused-ring (bicyclic) bond motifs is 1. The lowest BCUT2D eigenvalue weighted by atomic mass is 10.1. The molecule has 0 unspecified atom stereocenters. The van der Waals surface area contributed by atoms with Crippen LogP contribution in [-0.2, 0) is 6.42 Å². The van der Waals surface area contributed by atoms with Gasteiger partial charge in [-0.25, -0.2) is 4.79 Å². The number of hydrogen-bond donors (Lipinski definition) is 1. The summed E-state index contributed by atoms with van der Waals surface area (Å²) in [6.45, 7) is 1.80. The zero-order valence-electron chi connectivity index (χ0n) is 8.08. The molecule has 1 heterocycles. The monoisotopic (exact) mass is 268 g/mol. The lowest BCUT2D eigenvalue weighted by molar-refractivity contribution is 0.458. The van der Waals surface area contributed by atoms with E-state index in [0.29, 0.717) is 23.0 Å². The van der Waals surface area contributed by atoms with Gasteiger partial charge in [0, 0.05) is 4.47 Å². The minimum absolute atomic E-state index is 0.0186. The van der Waals surface area contributed by atoms with Crippen molar-refractivity contribution in [2.45, 2.75) is 13.3 Å². The van der Waals surface area contributed by atoms with Crippen LogP contribution >= 0.6 is 15.9 Å². The van der Waals surface area contributed by atoms with Crippen molar-refractivity contribution in [3.8, 4) is 5.75 Å². The van der Waals surface area contributed by atoms with Gasteiger partial charge in [-0.15, -0.1) is 0 Å². The Hall–Kier alpha value is -1.29. The quantitative estimate of drug-likeness (QED) is 0.810. The highest BCUT2D eigenvalue weighted by atomic mass is 79.9. The Morgan fingerprint density at radius 1 is 1.47 bits per heavy atom. The van der Waals surface area contributed by atoms with Crippen molar-refractivity contribution in [1.29, 1.82) is 0 Å². The summed E-state index contributed by atoms with van der Waals surface area (Å²) in [4.78, 5) is 11.4. The van der Waals surface area contributed by atoms with Crippen molar-refractivity contribution in [3.05, 3.63) is 38.7 Å². The van der Waals surface area contributed by atoms with E-state index in [0.717, 1.165) is 4.47 Å². The van der Waals surface area contributed by atoms with Crippen LogP contribution in [0.3, 0.4) is 0 Å². The van der Waals surface area contributed by atoms with Gasteiger partial charge in [-0.1, -0.05) is 22.9 Å². The van der Waals surface area contributed by atoms with Crippen LogP contribution in [0.15, 0.2) is 31.9 Å². The van der Waals surface area contributed by atoms with Crippen molar-refractivity contribution in [2.75, 3.05) is 0 Å². The summed E-state index contributed by atoms with van der Waals surface area (Å²) in [5.41, 5.74) is 0.253. The molecule has 0 saturated carbocycles. The third-order valence-corrected chi connectivity index (χ3v) is 2.78. The molecule has 1 aromatic carbocycles. The molecule has 0 saturated heterocycles. The summed E-state index contributed by atoms with van der Waals surface area (Å²) in [6, 6.07) is 5.14. The number of hydrogen-bond acceptors (Lipinski definition) is 3. The summed E-state index contributed by atoms with van der Waals surface area (Å²) in [5, 5.41) is 10.4. The molecule has 3 nitrogen and oxygen atoms in total.